The van der Waals surface area contributed by atoms with Crippen LogP contribution in [0, 0.1) is 0 Å². The highest BCUT2D eigenvalue weighted by molar-refractivity contribution is 7.90. The molecule has 0 saturated carbocycles. The number of benzene rings is 1. The molecule has 0 radical (unpaired) electrons. The largest absolute Gasteiger partial charge is 0.483 e. The SMILES string of the molecule is CNS(=O)(=O)Nc1ccccc1OC/C(N)=N/O. The van der Waals surface area contributed by atoms with Gasteiger partial charge in [-0.1, -0.05) is 17.3 Å². The smallest absolute Gasteiger partial charge is 0.298 e. The van der Waals surface area contributed by atoms with Crippen molar-refractivity contribution in [1.29, 1.82) is 0 Å². The maximum absolute atomic E-state index is 11.3. The fourth-order valence-electron chi connectivity index (χ4n) is 1.05. The third kappa shape index (κ3) is 4.11. The highest BCUT2D eigenvalue weighted by Crippen LogP contribution is 2.24. The van der Waals surface area contributed by atoms with Gasteiger partial charge < -0.3 is 15.7 Å². The minimum Gasteiger partial charge on any atom is -0.483 e. The van der Waals surface area contributed by atoms with Crippen LogP contribution in [0.4, 0.5) is 5.69 Å². The lowest BCUT2D eigenvalue weighted by Crippen LogP contribution is -2.27. The van der Waals surface area contributed by atoms with Crippen LogP contribution < -0.4 is 19.9 Å². The van der Waals surface area contributed by atoms with Gasteiger partial charge in [0.1, 0.15) is 12.4 Å². The van der Waals surface area contributed by atoms with Gasteiger partial charge in [-0.05, 0) is 12.1 Å². The molecule has 0 aromatic heterocycles. The molecule has 1 rings (SSSR count). The summed E-state index contributed by atoms with van der Waals surface area (Å²) in [4.78, 5) is 0. The van der Waals surface area contributed by atoms with Crippen molar-refractivity contribution in [3.63, 3.8) is 0 Å². The van der Waals surface area contributed by atoms with Gasteiger partial charge in [0, 0.05) is 7.05 Å². The fourth-order valence-corrected chi connectivity index (χ4v) is 1.61. The predicted molar refractivity (Wildman–Crippen MR) is 66.9 cm³/mol. The number of nitrogens with two attached hydrogens (primary N) is 1. The van der Waals surface area contributed by atoms with E-state index in [9.17, 15) is 8.42 Å². The standard InChI is InChI=1S/C9H14N4O4S/c1-11-18(15,16)13-7-4-2-3-5-8(7)17-6-9(10)12-14/h2-5,11,13-14H,6H2,1H3,(H2,10,12). The molecule has 0 aliphatic heterocycles. The lowest BCUT2D eigenvalue weighted by atomic mass is 10.3. The van der Waals surface area contributed by atoms with E-state index in [2.05, 4.69) is 14.6 Å². The fraction of sp³-hybridized carbons (Fsp3) is 0.222. The number of rotatable bonds is 6. The average molecular weight is 274 g/mol. The summed E-state index contributed by atoms with van der Waals surface area (Å²) in [6.07, 6.45) is 0. The second kappa shape index (κ2) is 6.07. The maximum atomic E-state index is 11.3. The van der Waals surface area contributed by atoms with Crippen molar-refractivity contribution in [3.8, 4) is 5.75 Å². The summed E-state index contributed by atoms with van der Waals surface area (Å²) in [5.74, 6) is 0.143. The third-order valence-electron chi connectivity index (χ3n) is 1.90. The van der Waals surface area contributed by atoms with Gasteiger partial charge >= 0.3 is 0 Å². The Hall–Kier alpha value is -2.00. The molecule has 0 spiro atoms. The van der Waals surface area contributed by atoms with Crippen LogP contribution in [0.1, 0.15) is 0 Å². The van der Waals surface area contributed by atoms with Crippen LogP contribution in [0.2, 0.25) is 0 Å². The second-order valence-electron chi connectivity index (χ2n) is 3.19. The average Bonchev–Trinajstić information content (AvgIpc) is 2.37. The lowest BCUT2D eigenvalue weighted by molar-refractivity contribution is 0.306. The Labute approximate surface area is 105 Å². The molecule has 0 unspecified atom stereocenters. The second-order valence-corrected chi connectivity index (χ2v) is 4.81. The monoisotopic (exact) mass is 274 g/mol. The zero-order valence-corrected chi connectivity index (χ0v) is 10.4. The molecule has 0 saturated heterocycles. The van der Waals surface area contributed by atoms with E-state index in [4.69, 9.17) is 15.7 Å². The van der Waals surface area contributed by atoms with Crippen molar-refractivity contribution in [2.24, 2.45) is 10.9 Å². The molecule has 0 amide bonds. The summed E-state index contributed by atoms with van der Waals surface area (Å²) in [6, 6.07) is 6.39. The van der Waals surface area contributed by atoms with Crippen LogP contribution in [0.5, 0.6) is 5.75 Å². The number of hydrogen-bond donors (Lipinski definition) is 4. The van der Waals surface area contributed by atoms with Crippen molar-refractivity contribution in [3.05, 3.63) is 24.3 Å². The first-order valence-electron chi connectivity index (χ1n) is 4.88. The highest BCUT2D eigenvalue weighted by Gasteiger charge is 2.10. The molecule has 100 valence electrons. The summed E-state index contributed by atoms with van der Waals surface area (Å²) in [5.41, 5.74) is 5.50. The van der Waals surface area contributed by atoms with Gasteiger partial charge in [-0.2, -0.15) is 8.42 Å². The quantitative estimate of drug-likeness (QED) is 0.245. The Morgan fingerprint density at radius 3 is 2.78 bits per heavy atom. The summed E-state index contributed by atoms with van der Waals surface area (Å²) in [6.45, 7) is -0.158. The highest BCUT2D eigenvalue weighted by atomic mass is 32.2. The van der Waals surface area contributed by atoms with Crippen molar-refractivity contribution in [2.75, 3.05) is 18.4 Å². The first-order valence-corrected chi connectivity index (χ1v) is 6.36. The van der Waals surface area contributed by atoms with Crippen molar-refractivity contribution in [2.45, 2.75) is 0 Å². The van der Waals surface area contributed by atoms with Crippen LogP contribution >= 0.6 is 0 Å². The molecular formula is C9H14N4O4S. The number of oxime groups is 1. The van der Waals surface area contributed by atoms with Gasteiger partial charge in [0.05, 0.1) is 5.69 Å². The number of nitrogens with zero attached hydrogens (tertiary/aromatic N) is 1. The van der Waals surface area contributed by atoms with Gasteiger partial charge in [0.25, 0.3) is 10.2 Å². The van der Waals surface area contributed by atoms with Gasteiger partial charge in [0.2, 0.25) is 0 Å². The molecule has 0 heterocycles. The van der Waals surface area contributed by atoms with E-state index >= 15 is 0 Å². The minimum atomic E-state index is -3.63. The normalized spacial score (nSPS) is 12.2. The Bertz CT molecular complexity index is 529. The predicted octanol–water partition coefficient (Wildman–Crippen LogP) is -0.312. The molecule has 0 bridgehead atoms. The van der Waals surface area contributed by atoms with E-state index < -0.39 is 10.2 Å². The Morgan fingerprint density at radius 1 is 1.50 bits per heavy atom. The van der Waals surface area contributed by atoms with Gasteiger partial charge in [0.15, 0.2) is 5.84 Å². The Balaban J connectivity index is 2.86. The molecule has 0 aliphatic rings. The molecule has 1 aromatic carbocycles. The Kier molecular flexibility index (Phi) is 4.75. The van der Waals surface area contributed by atoms with E-state index in [1.807, 2.05) is 0 Å². The van der Waals surface area contributed by atoms with Crippen molar-refractivity contribution >= 4 is 21.7 Å². The van der Waals surface area contributed by atoms with E-state index in [-0.39, 0.29) is 23.9 Å². The molecule has 18 heavy (non-hydrogen) atoms. The molecular weight excluding hydrogens is 260 g/mol. The number of amidine groups is 1. The van der Waals surface area contributed by atoms with E-state index in [1.54, 1.807) is 18.2 Å². The minimum absolute atomic E-state index is 0.124. The van der Waals surface area contributed by atoms with Crippen molar-refractivity contribution in [1.82, 2.24) is 4.72 Å². The van der Waals surface area contributed by atoms with E-state index in [1.165, 1.54) is 13.1 Å². The number of para-hydroxylation sites is 2. The van der Waals surface area contributed by atoms with Gasteiger partial charge in [-0.15, -0.1) is 0 Å². The van der Waals surface area contributed by atoms with Crippen LogP contribution in [-0.4, -0.2) is 33.1 Å². The zero-order valence-electron chi connectivity index (χ0n) is 9.62. The van der Waals surface area contributed by atoms with Crippen LogP contribution in [0.3, 0.4) is 0 Å². The van der Waals surface area contributed by atoms with E-state index in [0.29, 0.717) is 0 Å². The van der Waals surface area contributed by atoms with Crippen LogP contribution in [-0.2, 0) is 10.2 Å². The first kappa shape index (κ1) is 14.1. The lowest BCUT2D eigenvalue weighted by Gasteiger charge is -2.12. The molecule has 0 aliphatic carbocycles. The molecule has 1 aromatic rings. The third-order valence-corrected chi connectivity index (χ3v) is 2.93. The summed E-state index contributed by atoms with van der Waals surface area (Å²) >= 11 is 0. The first-order chi connectivity index (χ1) is 8.48. The van der Waals surface area contributed by atoms with Crippen LogP contribution in [0.15, 0.2) is 29.4 Å². The zero-order chi connectivity index (χ0) is 13.6. The number of nitrogens with one attached hydrogen (secondary N) is 2. The number of hydrogen-bond acceptors (Lipinski definition) is 5. The molecule has 9 heteroatoms. The topological polar surface area (TPSA) is 126 Å². The maximum Gasteiger partial charge on any atom is 0.298 e. The molecule has 8 nitrogen and oxygen atoms in total. The molecule has 0 fully saturated rings. The van der Waals surface area contributed by atoms with Crippen molar-refractivity contribution < 1.29 is 18.4 Å². The molecule has 5 N–H and O–H groups in total. The molecule has 0 atom stereocenters. The van der Waals surface area contributed by atoms with E-state index in [0.717, 1.165) is 0 Å². The van der Waals surface area contributed by atoms with Gasteiger partial charge in [-0.3, -0.25) is 4.72 Å². The number of ether oxygens (including phenoxy) is 1. The Morgan fingerprint density at radius 2 is 2.17 bits per heavy atom. The van der Waals surface area contributed by atoms with Gasteiger partial charge in [-0.25, -0.2) is 4.72 Å². The summed E-state index contributed by atoms with van der Waals surface area (Å²) in [5, 5.41) is 11.1. The number of anilines is 1. The summed E-state index contributed by atoms with van der Waals surface area (Å²) < 4.78 is 32.3. The summed E-state index contributed by atoms with van der Waals surface area (Å²) in [7, 11) is -2.35. The van der Waals surface area contributed by atoms with Crippen LogP contribution in [0.25, 0.3) is 0 Å².